The number of nitrogens with one attached hydrogen (secondary N) is 2. The van der Waals surface area contributed by atoms with E-state index in [1.165, 1.54) is 38.5 Å². The summed E-state index contributed by atoms with van der Waals surface area (Å²) in [5.74, 6) is 2.69. The lowest BCUT2D eigenvalue weighted by Gasteiger charge is -2.26. The number of hydrogen-bond acceptors (Lipinski definition) is 5. The average Bonchev–Trinajstić information content (AvgIpc) is 3.45. The molecule has 1 aliphatic heterocycles. The van der Waals surface area contributed by atoms with Crippen molar-refractivity contribution in [3.05, 3.63) is 23.2 Å². The van der Waals surface area contributed by atoms with Crippen LogP contribution in [0.2, 0.25) is 0 Å². The molecule has 3 fully saturated rings. The van der Waals surface area contributed by atoms with E-state index < -0.39 is 0 Å². The average molecular weight is 341 g/mol. The number of hydrogen-bond donors (Lipinski definition) is 2. The Hall–Kier alpha value is -2.11. The van der Waals surface area contributed by atoms with Crippen molar-refractivity contribution in [3.8, 4) is 0 Å². The molecule has 134 valence electrons. The molecule has 0 saturated heterocycles. The Balaban J connectivity index is 1.55. The van der Waals surface area contributed by atoms with E-state index in [-0.39, 0.29) is 5.91 Å². The number of rotatable bonds is 6. The van der Waals surface area contributed by atoms with Gasteiger partial charge in [-0.2, -0.15) is 5.10 Å². The van der Waals surface area contributed by atoms with E-state index in [0.717, 1.165) is 11.5 Å². The second kappa shape index (κ2) is 6.32. The van der Waals surface area contributed by atoms with Crippen LogP contribution < -0.4 is 10.6 Å². The smallest absolute Gasteiger partial charge is 0.250 e. The van der Waals surface area contributed by atoms with Crippen molar-refractivity contribution in [1.29, 1.82) is 0 Å². The Kier molecular flexibility index (Phi) is 4.13. The summed E-state index contributed by atoms with van der Waals surface area (Å²) in [6.07, 6.45) is 9.29. The maximum atomic E-state index is 12.9. The fourth-order valence-electron chi connectivity index (χ4n) is 3.44. The minimum atomic E-state index is -0.0309. The van der Waals surface area contributed by atoms with Crippen molar-refractivity contribution >= 4 is 18.5 Å². The lowest BCUT2D eigenvalue weighted by atomic mass is 10.1. The SMILES string of the molecule is C=NN1C(C)=CC(NC2CC2)=N/C1=C(/C)C(=O)NC(C1CC1)C1CC1. The largest absolute Gasteiger partial charge is 0.367 e. The van der Waals surface area contributed by atoms with E-state index in [1.54, 1.807) is 5.01 Å². The molecule has 3 saturated carbocycles. The molecule has 0 spiro atoms. The summed E-state index contributed by atoms with van der Waals surface area (Å²) < 4.78 is 0. The third-order valence-corrected chi connectivity index (χ3v) is 5.41. The molecular weight excluding hydrogens is 314 g/mol. The van der Waals surface area contributed by atoms with Crippen LogP contribution in [0.1, 0.15) is 52.4 Å². The van der Waals surface area contributed by atoms with Gasteiger partial charge in [0, 0.05) is 30.6 Å². The molecule has 0 atom stereocenters. The molecule has 1 amide bonds. The van der Waals surface area contributed by atoms with Crippen LogP contribution in [0, 0.1) is 11.8 Å². The van der Waals surface area contributed by atoms with Gasteiger partial charge in [0.1, 0.15) is 5.84 Å². The Morgan fingerprint density at radius 3 is 2.44 bits per heavy atom. The van der Waals surface area contributed by atoms with Crippen molar-refractivity contribution in [2.24, 2.45) is 21.9 Å². The van der Waals surface area contributed by atoms with Gasteiger partial charge < -0.3 is 10.6 Å². The fraction of sp³-hybridized carbons (Fsp3) is 0.632. The molecule has 6 nitrogen and oxygen atoms in total. The van der Waals surface area contributed by atoms with Crippen molar-refractivity contribution < 1.29 is 4.79 Å². The van der Waals surface area contributed by atoms with Crippen LogP contribution in [0.5, 0.6) is 0 Å². The zero-order valence-electron chi connectivity index (χ0n) is 15.1. The third kappa shape index (κ3) is 3.62. The summed E-state index contributed by atoms with van der Waals surface area (Å²) >= 11 is 0. The second-order valence-corrected chi connectivity index (χ2v) is 7.78. The minimum Gasteiger partial charge on any atom is -0.367 e. The molecule has 4 rings (SSSR count). The molecule has 4 aliphatic rings. The van der Waals surface area contributed by atoms with Crippen LogP contribution in [-0.4, -0.2) is 35.6 Å². The Labute approximate surface area is 149 Å². The normalized spacial score (nSPS) is 25.3. The van der Waals surface area contributed by atoms with Crippen LogP contribution in [0.3, 0.4) is 0 Å². The Morgan fingerprint density at radius 2 is 1.92 bits per heavy atom. The van der Waals surface area contributed by atoms with E-state index in [1.807, 2.05) is 19.9 Å². The third-order valence-electron chi connectivity index (χ3n) is 5.41. The molecule has 2 N–H and O–H groups in total. The number of allylic oxidation sites excluding steroid dienone is 1. The molecule has 25 heavy (non-hydrogen) atoms. The fourth-order valence-corrected chi connectivity index (χ4v) is 3.44. The first-order valence-electron chi connectivity index (χ1n) is 9.39. The minimum absolute atomic E-state index is 0.0309. The lowest BCUT2D eigenvalue weighted by molar-refractivity contribution is -0.118. The van der Waals surface area contributed by atoms with Crippen molar-refractivity contribution in [2.75, 3.05) is 0 Å². The van der Waals surface area contributed by atoms with Gasteiger partial charge in [0.25, 0.3) is 5.91 Å². The molecule has 0 aromatic rings. The molecule has 0 radical (unpaired) electrons. The first kappa shape index (κ1) is 16.4. The van der Waals surface area contributed by atoms with Crippen molar-refractivity contribution in [1.82, 2.24) is 15.6 Å². The summed E-state index contributed by atoms with van der Waals surface area (Å²) in [6, 6.07) is 0.844. The maximum Gasteiger partial charge on any atom is 0.250 e. The summed E-state index contributed by atoms with van der Waals surface area (Å²) in [5.41, 5.74) is 1.51. The molecule has 0 unspecified atom stereocenters. The quantitative estimate of drug-likeness (QED) is 0.576. The zero-order chi connectivity index (χ0) is 17.6. The number of amidine groups is 1. The van der Waals surface area contributed by atoms with Crippen molar-refractivity contribution in [2.45, 2.75) is 64.5 Å². The van der Waals surface area contributed by atoms with Gasteiger partial charge in [0.05, 0.1) is 5.57 Å². The van der Waals surface area contributed by atoms with Crippen molar-refractivity contribution in [3.63, 3.8) is 0 Å². The summed E-state index contributed by atoms with van der Waals surface area (Å²) in [7, 11) is 0. The number of carbonyl (C=O) groups excluding carboxylic acids is 1. The number of hydrazone groups is 1. The molecule has 0 aromatic heterocycles. The first-order chi connectivity index (χ1) is 12.1. The zero-order valence-corrected chi connectivity index (χ0v) is 15.1. The summed E-state index contributed by atoms with van der Waals surface area (Å²) in [5, 5.41) is 12.4. The van der Waals surface area contributed by atoms with E-state index in [4.69, 9.17) is 0 Å². The highest BCUT2D eigenvalue weighted by molar-refractivity contribution is 5.98. The van der Waals surface area contributed by atoms with Crippen LogP contribution in [0.15, 0.2) is 33.3 Å². The predicted octanol–water partition coefficient (Wildman–Crippen LogP) is 2.51. The van der Waals surface area contributed by atoms with Crippen LogP contribution >= 0.6 is 0 Å². The molecule has 0 aromatic carbocycles. The van der Waals surface area contributed by atoms with Gasteiger partial charge in [0.15, 0.2) is 5.82 Å². The number of nitrogens with zero attached hydrogens (tertiary/aromatic N) is 3. The molecule has 1 heterocycles. The summed E-state index contributed by atoms with van der Waals surface area (Å²) in [6.45, 7) is 7.43. The van der Waals surface area contributed by atoms with Gasteiger partial charge in [-0.15, -0.1) is 0 Å². The molecular formula is C19H27N5O. The van der Waals surface area contributed by atoms with Crippen LogP contribution in [0.4, 0.5) is 0 Å². The van der Waals surface area contributed by atoms with Gasteiger partial charge in [-0.3, -0.25) is 4.79 Å². The van der Waals surface area contributed by atoms with Gasteiger partial charge in [-0.05, 0) is 64.2 Å². The van der Waals surface area contributed by atoms with E-state index in [9.17, 15) is 4.79 Å². The highest BCUT2D eigenvalue weighted by atomic mass is 16.1. The highest BCUT2D eigenvalue weighted by Crippen LogP contribution is 2.44. The predicted molar refractivity (Wildman–Crippen MR) is 98.8 cm³/mol. The first-order valence-corrected chi connectivity index (χ1v) is 9.39. The van der Waals surface area contributed by atoms with E-state index in [0.29, 0.717) is 35.3 Å². The number of carbonyl (C=O) groups is 1. The molecule has 3 aliphatic carbocycles. The number of amides is 1. The van der Waals surface area contributed by atoms with Gasteiger partial charge in [-0.1, -0.05) is 0 Å². The topological polar surface area (TPSA) is 69.1 Å². The Bertz CT molecular complexity index is 668. The van der Waals surface area contributed by atoms with Gasteiger partial charge >= 0.3 is 0 Å². The highest BCUT2D eigenvalue weighted by Gasteiger charge is 2.42. The summed E-state index contributed by atoms with van der Waals surface area (Å²) in [4.78, 5) is 17.5. The van der Waals surface area contributed by atoms with Gasteiger partial charge in [-0.25, -0.2) is 10.0 Å². The Morgan fingerprint density at radius 1 is 1.28 bits per heavy atom. The standard InChI is InChI=1S/C19H27N5O/c1-11-10-16(21-15-8-9-15)22-18(24(11)20-3)12(2)19(25)23-17(13-4-5-13)14-6-7-14/h10,13-15,17H,3-9H2,1-2H3,(H,21,22)(H,23,25)/b18-12+. The molecule has 0 bridgehead atoms. The van der Waals surface area contributed by atoms with E-state index in [2.05, 4.69) is 27.4 Å². The van der Waals surface area contributed by atoms with Crippen LogP contribution in [-0.2, 0) is 4.79 Å². The van der Waals surface area contributed by atoms with Crippen LogP contribution in [0.25, 0.3) is 0 Å². The number of aliphatic imine (C=N–C) groups is 1. The lowest BCUT2D eigenvalue weighted by Crippen LogP contribution is -2.39. The maximum absolute atomic E-state index is 12.9. The second-order valence-electron chi connectivity index (χ2n) is 7.78. The van der Waals surface area contributed by atoms with E-state index >= 15 is 0 Å². The monoisotopic (exact) mass is 341 g/mol. The van der Waals surface area contributed by atoms with Gasteiger partial charge in [0.2, 0.25) is 0 Å². The molecule has 6 heteroatoms.